The van der Waals surface area contributed by atoms with Crippen LogP contribution in [0.3, 0.4) is 0 Å². The number of amides is 1. The molecule has 1 unspecified atom stereocenters. The second-order valence-corrected chi connectivity index (χ2v) is 5.43. The van der Waals surface area contributed by atoms with E-state index < -0.39 is 17.3 Å². The SMILES string of the molecule is Cc1ccc(F)cc1NC(=O)CN1CCC(N)(C(=O)O)C1. The van der Waals surface area contributed by atoms with E-state index in [0.717, 1.165) is 5.56 Å². The molecule has 1 atom stereocenters. The number of likely N-dealkylation sites (tertiary alicyclic amines) is 1. The van der Waals surface area contributed by atoms with Crippen molar-refractivity contribution in [3.05, 3.63) is 29.6 Å². The number of carboxylic acids is 1. The molecule has 6 nitrogen and oxygen atoms in total. The first kappa shape index (κ1) is 15.4. The molecule has 4 N–H and O–H groups in total. The molecule has 0 bridgehead atoms. The molecule has 1 aliphatic heterocycles. The summed E-state index contributed by atoms with van der Waals surface area (Å²) >= 11 is 0. The van der Waals surface area contributed by atoms with Crippen molar-refractivity contribution in [2.24, 2.45) is 5.73 Å². The number of nitrogens with two attached hydrogens (primary N) is 1. The molecule has 7 heteroatoms. The summed E-state index contributed by atoms with van der Waals surface area (Å²) in [6.07, 6.45) is 0.300. The Kier molecular flexibility index (Phi) is 4.24. The molecule has 1 fully saturated rings. The summed E-state index contributed by atoms with van der Waals surface area (Å²) in [6, 6.07) is 4.15. The number of carbonyl (C=O) groups excluding carboxylic acids is 1. The number of carbonyl (C=O) groups is 2. The van der Waals surface area contributed by atoms with Gasteiger partial charge in [-0.25, -0.2) is 4.39 Å². The normalized spacial score (nSPS) is 22.2. The molecular formula is C14H18FN3O3. The van der Waals surface area contributed by atoms with Crippen molar-refractivity contribution in [2.75, 3.05) is 25.0 Å². The fourth-order valence-corrected chi connectivity index (χ4v) is 2.35. The molecule has 0 spiro atoms. The van der Waals surface area contributed by atoms with E-state index >= 15 is 0 Å². The van der Waals surface area contributed by atoms with Gasteiger partial charge in [0.05, 0.1) is 6.54 Å². The van der Waals surface area contributed by atoms with Gasteiger partial charge >= 0.3 is 5.97 Å². The van der Waals surface area contributed by atoms with E-state index in [1.807, 2.05) is 0 Å². The minimum atomic E-state index is -1.30. The third kappa shape index (κ3) is 3.56. The molecule has 2 rings (SSSR count). The molecule has 1 aliphatic rings. The maximum Gasteiger partial charge on any atom is 0.325 e. The number of aliphatic carboxylic acids is 1. The number of rotatable bonds is 4. The number of carboxylic acid groups (broad SMARTS) is 1. The highest BCUT2D eigenvalue weighted by Crippen LogP contribution is 2.19. The number of nitrogens with one attached hydrogen (secondary N) is 1. The number of hydrogen-bond acceptors (Lipinski definition) is 4. The van der Waals surface area contributed by atoms with Crippen LogP contribution >= 0.6 is 0 Å². The van der Waals surface area contributed by atoms with Crippen molar-refractivity contribution >= 4 is 17.6 Å². The summed E-state index contributed by atoms with van der Waals surface area (Å²) < 4.78 is 13.1. The summed E-state index contributed by atoms with van der Waals surface area (Å²) in [5.74, 6) is -1.81. The minimum absolute atomic E-state index is 0.0299. The Bertz CT molecular complexity index is 579. The number of nitrogens with zero attached hydrogens (tertiary/aromatic N) is 1. The highest BCUT2D eigenvalue weighted by atomic mass is 19.1. The lowest BCUT2D eigenvalue weighted by Crippen LogP contribution is -2.50. The zero-order valence-corrected chi connectivity index (χ0v) is 11.7. The van der Waals surface area contributed by atoms with Gasteiger partial charge in [0, 0.05) is 18.8 Å². The Morgan fingerprint density at radius 3 is 2.86 bits per heavy atom. The molecule has 0 aliphatic carbocycles. The summed E-state index contributed by atoms with van der Waals surface area (Å²) in [5, 5.41) is 11.7. The summed E-state index contributed by atoms with van der Waals surface area (Å²) in [4.78, 5) is 24.7. The molecule has 0 saturated carbocycles. The number of aryl methyl sites for hydroxylation is 1. The second-order valence-electron chi connectivity index (χ2n) is 5.43. The first-order valence-corrected chi connectivity index (χ1v) is 6.61. The third-order valence-electron chi connectivity index (χ3n) is 3.65. The maximum absolute atomic E-state index is 13.1. The topological polar surface area (TPSA) is 95.7 Å². The van der Waals surface area contributed by atoms with Crippen LogP contribution in [0.15, 0.2) is 18.2 Å². The third-order valence-corrected chi connectivity index (χ3v) is 3.65. The average molecular weight is 295 g/mol. The Morgan fingerprint density at radius 1 is 1.52 bits per heavy atom. The van der Waals surface area contributed by atoms with Crippen LogP contribution in [-0.4, -0.2) is 47.1 Å². The number of hydrogen-bond donors (Lipinski definition) is 3. The Labute approximate surface area is 121 Å². The molecule has 1 saturated heterocycles. The van der Waals surface area contributed by atoms with Gasteiger partial charge in [-0.3, -0.25) is 14.5 Å². The quantitative estimate of drug-likeness (QED) is 0.754. The van der Waals surface area contributed by atoms with Gasteiger partial charge in [0.1, 0.15) is 11.4 Å². The number of anilines is 1. The van der Waals surface area contributed by atoms with E-state index in [-0.39, 0.29) is 19.0 Å². The maximum atomic E-state index is 13.1. The molecule has 1 heterocycles. The molecular weight excluding hydrogens is 277 g/mol. The van der Waals surface area contributed by atoms with Gasteiger partial charge < -0.3 is 16.2 Å². The number of halogens is 1. The lowest BCUT2D eigenvalue weighted by Gasteiger charge is -2.19. The van der Waals surface area contributed by atoms with Crippen molar-refractivity contribution < 1.29 is 19.1 Å². The van der Waals surface area contributed by atoms with Crippen LogP contribution in [0.2, 0.25) is 0 Å². The minimum Gasteiger partial charge on any atom is -0.480 e. The van der Waals surface area contributed by atoms with Gasteiger partial charge in [-0.2, -0.15) is 0 Å². The Balaban J connectivity index is 1.94. The van der Waals surface area contributed by atoms with Crippen LogP contribution in [0.1, 0.15) is 12.0 Å². The molecule has 1 aromatic rings. The summed E-state index contributed by atoms with van der Waals surface area (Å²) in [7, 11) is 0. The van der Waals surface area contributed by atoms with Crippen LogP contribution < -0.4 is 11.1 Å². The van der Waals surface area contributed by atoms with Gasteiger partial charge in [-0.1, -0.05) is 6.07 Å². The molecule has 114 valence electrons. The van der Waals surface area contributed by atoms with E-state index in [0.29, 0.717) is 18.7 Å². The predicted octanol–water partition coefficient (Wildman–Crippen LogP) is 0.560. The van der Waals surface area contributed by atoms with Crippen LogP contribution in [0.25, 0.3) is 0 Å². The first-order chi connectivity index (χ1) is 9.80. The lowest BCUT2D eigenvalue weighted by molar-refractivity contribution is -0.143. The summed E-state index contributed by atoms with van der Waals surface area (Å²) in [6.45, 7) is 2.36. The standard InChI is InChI=1S/C14H18FN3O3/c1-9-2-3-10(15)6-11(9)17-12(19)7-18-5-4-14(16,8-18)13(20)21/h2-3,6H,4-5,7-8,16H2,1H3,(H,17,19)(H,20,21). The van der Waals surface area contributed by atoms with Gasteiger partial charge in [0.15, 0.2) is 0 Å². The van der Waals surface area contributed by atoms with Crippen molar-refractivity contribution in [2.45, 2.75) is 18.9 Å². The van der Waals surface area contributed by atoms with Crippen LogP contribution in [0.5, 0.6) is 0 Å². The van der Waals surface area contributed by atoms with Crippen molar-refractivity contribution in [3.8, 4) is 0 Å². The van der Waals surface area contributed by atoms with Crippen LogP contribution in [0, 0.1) is 12.7 Å². The van der Waals surface area contributed by atoms with E-state index in [1.165, 1.54) is 12.1 Å². The van der Waals surface area contributed by atoms with Crippen molar-refractivity contribution in [1.29, 1.82) is 0 Å². The monoisotopic (exact) mass is 295 g/mol. The second kappa shape index (κ2) is 5.79. The van der Waals surface area contributed by atoms with Crippen LogP contribution in [0.4, 0.5) is 10.1 Å². The van der Waals surface area contributed by atoms with Gasteiger partial charge in [-0.15, -0.1) is 0 Å². The largest absolute Gasteiger partial charge is 0.480 e. The van der Waals surface area contributed by atoms with Gasteiger partial charge in [0.25, 0.3) is 0 Å². The molecule has 0 aromatic heterocycles. The average Bonchev–Trinajstić information content (AvgIpc) is 2.77. The molecule has 1 amide bonds. The van der Waals surface area contributed by atoms with E-state index in [2.05, 4.69) is 5.32 Å². The van der Waals surface area contributed by atoms with Crippen molar-refractivity contribution in [3.63, 3.8) is 0 Å². The van der Waals surface area contributed by atoms with E-state index in [9.17, 15) is 14.0 Å². The fourth-order valence-electron chi connectivity index (χ4n) is 2.35. The van der Waals surface area contributed by atoms with Crippen molar-refractivity contribution in [1.82, 2.24) is 4.90 Å². The van der Waals surface area contributed by atoms with E-state index in [1.54, 1.807) is 17.9 Å². The molecule has 0 radical (unpaired) electrons. The Morgan fingerprint density at radius 2 is 2.24 bits per heavy atom. The number of benzene rings is 1. The lowest BCUT2D eigenvalue weighted by atomic mass is 10.0. The fraction of sp³-hybridized carbons (Fsp3) is 0.429. The van der Waals surface area contributed by atoms with E-state index in [4.69, 9.17) is 10.8 Å². The molecule has 1 aromatic carbocycles. The highest BCUT2D eigenvalue weighted by Gasteiger charge is 2.41. The molecule has 21 heavy (non-hydrogen) atoms. The van der Waals surface area contributed by atoms with Gasteiger partial charge in [0.2, 0.25) is 5.91 Å². The zero-order valence-electron chi connectivity index (χ0n) is 11.7. The summed E-state index contributed by atoms with van der Waals surface area (Å²) in [5.41, 5.74) is 5.61. The van der Waals surface area contributed by atoms with Crippen LogP contribution in [-0.2, 0) is 9.59 Å². The first-order valence-electron chi connectivity index (χ1n) is 6.61. The highest BCUT2D eigenvalue weighted by molar-refractivity contribution is 5.93. The smallest absolute Gasteiger partial charge is 0.325 e. The zero-order chi connectivity index (χ0) is 15.6. The van der Waals surface area contributed by atoms with Gasteiger partial charge in [-0.05, 0) is 31.0 Å². The Hall–Kier alpha value is -1.99. The predicted molar refractivity (Wildman–Crippen MR) is 75.4 cm³/mol.